The number of aryl methyl sites for hydroxylation is 1. The zero-order valence-corrected chi connectivity index (χ0v) is 13.8. The highest BCUT2D eigenvalue weighted by Crippen LogP contribution is 2.18. The summed E-state index contributed by atoms with van der Waals surface area (Å²) >= 11 is 1.57. The van der Waals surface area contributed by atoms with Crippen molar-refractivity contribution < 1.29 is 8.42 Å². The number of nitrogens with one attached hydrogen (secondary N) is 3. The van der Waals surface area contributed by atoms with Gasteiger partial charge in [-0.3, -0.25) is 5.10 Å². The van der Waals surface area contributed by atoms with Crippen molar-refractivity contribution in [3.63, 3.8) is 0 Å². The van der Waals surface area contributed by atoms with Crippen LogP contribution in [-0.4, -0.2) is 25.2 Å². The van der Waals surface area contributed by atoms with Gasteiger partial charge in [0.15, 0.2) is 5.03 Å². The second kappa shape index (κ2) is 7.17. The van der Waals surface area contributed by atoms with E-state index in [9.17, 15) is 8.42 Å². The molecule has 0 unspecified atom stereocenters. The first-order valence-corrected chi connectivity index (χ1v) is 9.22. The summed E-state index contributed by atoms with van der Waals surface area (Å²) in [6.45, 7) is 5.58. The molecule has 0 saturated carbocycles. The van der Waals surface area contributed by atoms with E-state index in [-0.39, 0.29) is 5.03 Å². The average molecular weight is 328 g/mol. The van der Waals surface area contributed by atoms with Crippen LogP contribution in [0.5, 0.6) is 0 Å². The zero-order chi connectivity index (χ0) is 15.3. The molecule has 0 bridgehead atoms. The maximum atomic E-state index is 12.4. The van der Waals surface area contributed by atoms with Gasteiger partial charge in [-0.15, -0.1) is 11.3 Å². The van der Waals surface area contributed by atoms with Crippen LogP contribution in [0.2, 0.25) is 0 Å². The Labute approximate surface area is 129 Å². The van der Waals surface area contributed by atoms with Crippen LogP contribution in [-0.2, 0) is 29.5 Å². The van der Waals surface area contributed by atoms with Crippen molar-refractivity contribution in [2.24, 2.45) is 0 Å². The number of hydrogen-bond acceptors (Lipinski definition) is 5. The van der Waals surface area contributed by atoms with E-state index in [2.05, 4.69) is 27.2 Å². The van der Waals surface area contributed by atoms with Crippen LogP contribution < -0.4 is 10.0 Å². The van der Waals surface area contributed by atoms with E-state index < -0.39 is 10.0 Å². The standard InChI is InChI=1S/C13H20N4O2S2/c1-3-10-5-6-20-12(10)9-16-21(18,19)13-11(7-14-4-2)8-15-17-13/h5-6,8,14,16H,3-4,7,9H2,1-2H3,(H,15,17). The van der Waals surface area contributed by atoms with Gasteiger partial charge in [0.1, 0.15) is 0 Å². The molecular formula is C13H20N4O2S2. The van der Waals surface area contributed by atoms with Crippen LogP contribution in [0.15, 0.2) is 22.7 Å². The first kappa shape index (κ1) is 16.2. The molecule has 2 heterocycles. The topological polar surface area (TPSA) is 86.9 Å². The molecule has 0 aliphatic carbocycles. The summed E-state index contributed by atoms with van der Waals surface area (Å²) in [6, 6.07) is 2.03. The molecule has 0 fully saturated rings. The fourth-order valence-electron chi connectivity index (χ4n) is 1.99. The molecule has 0 spiro atoms. The number of sulfonamides is 1. The van der Waals surface area contributed by atoms with Crippen molar-refractivity contribution in [3.05, 3.63) is 33.6 Å². The summed E-state index contributed by atoms with van der Waals surface area (Å²) < 4.78 is 27.4. The van der Waals surface area contributed by atoms with Crippen molar-refractivity contribution in [2.45, 2.75) is 38.4 Å². The lowest BCUT2D eigenvalue weighted by Crippen LogP contribution is -2.25. The molecule has 0 aromatic carbocycles. The number of thiophene rings is 1. The number of nitrogens with zero attached hydrogens (tertiary/aromatic N) is 1. The Bertz CT molecular complexity index is 676. The molecule has 0 atom stereocenters. The highest BCUT2D eigenvalue weighted by atomic mass is 32.2. The number of aromatic nitrogens is 2. The third-order valence-corrected chi connectivity index (χ3v) is 5.53. The van der Waals surface area contributed by atoms with Gasteiger partial charge in [-0.2, -0.15) is 5.10 Å². The van der Waals surface area contributed by atoms with E-state index in [0.29, 0.717) is 18.7 Å². The summed E-state index contributed by atoms with van der Waals surface area (Å²) in [5.41, 5.74) is 1.83. The number of aromatic amines is 1. The summed E-state index contributed by atoms with van der Waals surface area (Å²) in [5, 5.41) is 11.6. The van der Waals surface area contributed by atoms with Crippen LogP contribution >= 0.6 is 11.3 Å². The molecule has 6 nitrogen and oxygen atoms in total. The summed E-state index contributed by atoms with van der Waals surface area (Å²) in [6.07, 6.45) is 2.44. The van der Waals surface area contributed by atoms with Crippen LogP contribution in [0, 0.1) is 0 Å². The van der Waals surface area contributed by atoms with E-state index in [1.165, 1.54) is 5.56 Å². The monoisotopic (exact) mass is 328 g/mol. The van der Waals surface area contributed by atoms with Crippen LogP contribution in [0.3, 0.4) is 0 Å². The summed E-state index contributed by atoms with van der Waals surface area (Å²) in [5.74, 6) is 0. The SMILES string of the molecule is CCNCc1cn[nH]c1S(=O)(=O)NCc1sccc1CC. The van der Waals surface area contributed by atoms with Crippen LogP contribution in [0.4, 0.5) is 0 Å². The Morgan fingerprint density at radius 2 is 2.10 bits per heavy atom. The van der Waals surface area contributed by atoms with Gasteiger partial charge in [0.05, 0.1) is 6.20 Å². The molecule has 0 radical (unpaired) electrons. The van der Waals surface area contributed by atoms with E-state index >= 15 is 0 Å². The number of hydrogen-bond donors (Lipinski definition) is 3. The Morgan fingerprint density at radius 1 is 1.29 bits per heavy atom. The fourth-order valence-corrected chi connectivity index (χ4v) is 4.12. The van der Waals surface area contributed by atoms with E-state index in [4.69, 9.17) is 0 Å². The van der Waals surface area contributed by atoms with E-state index in [1.807, 2.05) is 18.4 Å². The molecule has 116 valence electrons. The Hall–Kier alpha value is -1.22. The number of H-pyrrole nitrogens is 1. The van der Waals surface area contributed by atoms with Gasteiger partial charge in [0, 0.05) is 23.5 Å². The van der Waals surface area contributed by atoms with Gasteiger partial charge >= 0.3 is 0 Å². The van der Waals surface area contributed by atoms with Crippen molar-refractivity contribution in [1.82, 2.24) is 20.2 Å². The molecule has 0 aliphatic rings. The minimum atomic E-state index is -3.58. The molecule has 0 amide bonds. The third kappa shape index (κ3) is 3.91. The second-order valence-electron chi connectivity index (χ2n) is 4.55. The predicted molar refractivity (Wildman–Crippen MR) is 83.7 cm³/mol. The lowest BCUT2D eigenvalue weighted by Gasteiger charge is -2.07. The van der Waals surface area contributed by atoms with Crippen molar-refractivity contribution in [1.29, 1.82) is 0 Å². The van der Waals surface area contributed by atoms with Gasteiger partial charge in [-0.05, 0) is 30.0 Å². The quantitative estimate of drug-likeness (QED) is 0.687. The first-order valence-electron chi connectivity index (χ1n) is 6.86. The van der Waals surface area contributed by atoms with E-state index in [0.717, 1.165) is 17.8 Å². The first-order chi connectivity index (χ1) is 10.1. The van der Waals surface area contributed by atoms with Crippen molar-refractivity contribution in [3.8, 4) is 0 Å². The lowest BCUT2D eigenvalue weighted by molar-refractivity contribution is 0.574. The molecular weight excluding hydrogens is 308 g/mol. The fraction of sp³-hybridized carbons (Fsp3) is 0.462. The Balaban J connectivity index is 2.10. The minimum Gasteiger partial charge on any atom is -0.313 e. The second-order valence-corrected chi connectivity index (χ2v) is 7.26. The number of rotatable bonds is 8. The van der Waals surface area contributed by atoms with Crippen molar-refractivity contribution >= 4 is 21.4 Å². The maximum absolute atomic E-state index is 12.4. The van der Waals surface area contributed by atoms with Gasteiger partial charge in [0.25, 0.3) is 10.0 Å². The molecule has 21 heavy (non-hydrogen) atoms. The molecule has 2 rings (SSSR count). The molecule has 3 N–H and O–H groups in total. The summed E-state index contributed by atoms with van der Waals surface area (Å²) in [7, 11) is -3.58. The van der Waals surface area contributed by atoms with Crippen molar-refractivity contribution in [2.75, 3.05) is 6.54 Å². The van der Waals surface area contributed by atoms with Crippen LogP contribution in [0.25, 0.3) is 0 Å². The molecule has 0 saturated heterocycles. The molecule has 8 heteroatoms. The summed E-state index contributed by atoms with van der Waals surface area (Å²) in [4.78, 5) is 1.05. The average Bonchev–Trinajstić information content (AvgIpc) is 3.11. The highest BCUT2D eigenvalue weighted by Gasteiger charge is 2.20. The van der Waals surface area contributed by atoms with Gasteiger partial charge < -0.3 is 5.32 Å². The largest absolute Gasteiger partial charge is 0.313 e. The third-order valence-electron chi connectivity index (χ3n) is 3.15. The predicted octanol–water partition coefficient (Wildman–Crippen LogP) is 1.62. The Morgan fingerprint density at radius 3 is 2.81 bits per heavy atom. The normalized spacial score (nSPS) is 11.9. The molecule has 2 aromatic heterocycles. The highest BCUT2D eigenvalue weighted by molar-refractivity contribution is 7.89. The maximum Gasteiger partial charge on any atom is 0.258 e. The minimum absolute atomic E-state index is 0.137. The van der Waals surface area contributed by atoms with Gasteiger partial charge in [-0.25, -0.2) is 13.1 Å². The molecule has 0 aliphatic heterocycles. The van der Waals surface area contributed by atoms with E-state index in [1.54, 1.807) is 17.5 Å². The smallest absolute Gasteiger partial charge is 0.258 e. The molecule has 2 aromatic rings. The zero-order valence-electron chi connectivity index (χ0n) is 12.1. The lowest BCUT2D eigenvalue weighted by atomic mass is 10.2. The van der Waals surface area contributed by atoms with Crippen LogP contribution in [0.1, 0.15) is 29.9 Å². The Kier molecular flexibility index (Phi) is 5.51. The van der Waals surface area contributed by atoms with Gasteiger partial charge in [0.2, 0.25) is 0 Å². The van der Waals surface area contributed by atoms with Gasteiger partial charge in [-0.1, -0.05) is 13.8 Å².